The van der Waals surface area contributed by atoms with Gasteiger partial charge in [0.25, 0.3) is 0 Å². The Bertz CT molecular complexity index is 879. The van der Waals surface area contributed by atoms with Crippen LogP contribution in [-0.4, -0.2) is 15.2 Å². The molecule has 104 valence electrons. The molecule has 3 rings (SSSR count). The molecule has 21 heavy (non-hydrogen) atoms. The minimum Gasteiger partial charge on any atom is -0.508 e. The number of hydrogen-bond acceptors (Lipinski definition) is 5. The number of rotatable bonds is 2. The Hall–Kier alpha value is -3.08. The van der Waals surface area contributed by atoms with Crippen LogP contribution in [0.3, 0.4) is 0 Å². The molecular weight excluding hydrogens is 270 g/mol. The zero-order valence-corrected chi connectivity index (χ0v) is 10.9. The molecular formula is C16H11NO4. The molecule has 1 heterocycles. The van der Waals surface area contributed by atoms with E-state index in [1.807, 2.05) is 0 Å². The molecule has 3 aromatic rings. The maximum Gasteiger partial charge on any atom is 0.362 e. The van der Waals surface area contributed by atoms with E-state index >= 15 is 0 Å². The summed E-state index contributed by atoms with van der Waals surface area (Å²) in [6.45, 7) is 0. The van der Waals surface area contributed by atoms with E-state index in [0.717, 1.165) is 0 Å². The molecule has 0 aliphatic rings. The first-order valence-corrected chi connectivity index (χ1v) is 6.23. The van der Waals surface area contributed by atoms with Crippen LogP contribution in [0.2, 0.25) is 0 Å². The molecule has 2 aromatic carbocycles. The average Bonchev–Trinajstić information content (AvgIpc) is 2.48. The zero-order chi connectivity index (χ0) is 14.8. The lowest BCUT2D eigenvalue weighted by atomic mass is 10.1. The van der Waals surface area contributed by atoms with Gasteiger partial charge in [-0.05, 0) is 36.4 Å². The maximum atomic E-state index is 11.8. The smallest absolute Gasteiger partial charge is 0.362 e. The molecule has 0 unspecified atom stereocenters. The Balaban J connectivity index is 2.07. The van der Waals surface area contributed by atoms with Crippen molar-refractivity contribution in [2.75, 3.05) is 0 Å². The number of benzene rings is 2. The van der Waals surface area contributed by atoms with E-state index in [4.69, 9.17) is 4.42 Å². The van der Waals surface area contributed by atoms with Crippen LogP contribution in [0.1, 0.15) is 11.3 Å². The standard InChI is InChI=1S/C16H11NO4/c18-11-7-5-10(6-8-11)14(19)9-13-16(20)21-15-4-2-1-3-12(15)17-13/h1-9,18-19H/b14-9-. The minimum atomic E-state index is -0.626. The van der Waals surface area contributed by atoms with E-state index in [-0.39, 0.29) is 17.2 Å². The van der Waals surface area contributed by atoms with Gasteiger partial charge in [-0.25, -0.2) is 9.78 Å². The molecule has 0 spiro atoms. The summed E-state index contributed by atoms with van der Waals surface area (Å²) in [5, 5.41) is 19.2. The van der Waals surface area contributed by atoms with Crippen molar-refractivity contribution >= 4 is 22.9 Å². The van der Waals surface area contributed by atoms with Gasteiger partial charge in [-0.2, -0.15) is 0 Å². The van der Waals surface area contributed by atoms with Gasteiger partial charge in [0.15, 0.2) is 11.3 Å². The minimum absolute atomic E-state index is 0.0132. The number of para-hydroxylation sites is 2. The van der Waals surface area contributed by atoms with E-state index < -0.39 is 5.63 Å². The molecule has 5 heteroatoms. The van der Waals surface area contributed by atoms with E-state index in [9.17, 15) is 15.0 Å². The van der Waals surface area contributed by atoms with Gasteiger partial charge in [-0.1, -0.05) is 12.1 Å². The first-order valence-electron chi connectivity index (χ1n) is 6.23. The van der Waals surface area contributed by atoms with E-state index in [0.29, 0.717) is 16.7 Å². The Morgan fingerprint density at radius 2 is 1.81 bits per heavy atom. The van der Waals surface area contributed by atoms with Gasteiger partial charge in [0.1, 0.15) is 17.0 Å². The van der Waals surface area contributed by atoms with Crippen LogP contribution in [0.5, 0.6) is 5.75 Å². The molecule has 0 saturated carbocycles. The summed E-state index contributed by atoms with van der Waals surface area (Å²) in [6.07, 6.45) is 1.24. The Labute approximate surface area is 119 Å². The lowest BCUT2D eigenvalue weighted by molar-refractivity contribution is 0.474. The number of aliphatic hydroxyl groups is 1. The van der Waals surface area contributed by atoms with Crippen molar-refractivity contribution in [1.82, 2.24) is 4.98 Å². The Morgan fingerprint density at radius 3 is 2.57 bits per heavy atom. The highest BCUT2D eigenvalue weighted by molar-refractivity contribution is 5.78. The summed E-state index contributed by atoms with van der Waals surface area (Å²) in [7, 11) is 0. The Morgan fingerprint density at radius 1 is 1.10 bits per heavy atom. The number of aromatic hydroxyl groups is 1. The van der Waals surface area contributed by atoms with Crippen LogP contribution < -0.4 is 5.63 Å². The van der Waals surface area contributed by atoms with Gasteiger partial charge < -0.3 is 14.6 Å². The number of aliphatic hydroxyl groups excluding tert-OH is 1. The second-order valence-corrected chi connectivity index (χ2v) is 4.43. The van der Waals surface area contributed by atoms with Crippen LogP contribution in [0.4, 0.5) is 0 Å². The lowest BCUT2D eigenvalue weighted by Gasteiger charge is -2.01. The molecule has 0 amide bonds. The van der Waals surface area contributed by atoms with Crippen molar-refractivity contribution in [3.63, 3.8) is 0 Å². The van der Waals surface area contributed by atoms with Gasteiger partial charge in [0.05, 0.1) is 0 Å². The van der Waals surface area contributed by atoms with Gasteiger partial charge in [0, 0.05) is 11.6 Å². The van der Waals surface area contributed by atoms with Crippen molar-refractivity contribution in [3.05, 3.63) is 70.2 Å². The van der Waals surface area contributed by atoms with Crippen LogP contribution in [0.25, 0.3) is 22.9 Å². The largest absolute Gasteiger partial charge is 0.508 e. The monoisotopic (exact) mass is 281 g/mol. The molecule has 2 N–H and O–H groups in total. The topological polar surface area (TPSA) is 83.6 Å². The SMILES string of the molecule is O=c1oc2ccccc2nc1/C=C(\O)c1ccc(O)cc1. The highest BCUT2D eigenvalue weighted by atomic mass is 16.4. The average molecular weight is 281 g/mol. The Kier molecular flexibility index (Phi) is 3.16. The fraction of sp³-hybridized carbons (Fsp3) is 0. The molecule has 0 aliphatic carbocycles. The number of nitrogens with zero attached hydrogens (tertiary/aromatic N) is 1. The molecule has 1 aromatic heterocycles. The predicted molar refractivity (Wildman–Crippen MR) is 78.9 cm³/mol. The number of hydrogen-bond donors (Lipinski definition) is 2. The summed E-state index contributed by atoms with van der Waals surface area (Å²) in [5.74, 6) is -0.0417. The van der Waals surface area contributed by atoms with Crippen molar-refractivity contribution in [2.45, 2.75) is 0 Å². The van der Waals surface area contributed by atoms with Crippen molar-refractivity contribution < 1.29 is 14.6 Å². The van der Waals surface area contributed by atoms with Crippen molar-refractivity contribution in [2.24, 2.45) is 0 Å². The predicted octanol–water partition coefficient (Wildman–Crippen LogP) is 2.95. The number of phenolic OH excluding ortho intramolecular Hbond substituents is 1. The number of phenols is 1. The highest BCUT2D eigenvalue weighted by Crippen LogP contribution is 2.18. The van der Waals surface area contributed by atoms with Crippen LogP contribution in [0, 0.1) is 0 Å². The zero-order valence-electron chi connectivity index (χ0n) is 10.9. The van der Waals surface area contributed by atoms with Crippen LogP contribution in [-0.2, 0) is 0 Å². The van der Waals surface area contributed by atoms with Crippen molar-refractivity contribution in [1.29, 1.82) is 0 Å². The second-order valence-electron chi connectivity index (χ2n) is 4.43. The molecule has 0 saturated heterocycles. The third-order valence-electron chi connectivity index (χ3n) is 2.95. The summed E-state index contributed by atoms with van der Waals surface area (Å²) < 4.78 is 5.13. The van der Waals surface area contributed by atoms with Crippen molar-refractivity contribution in [3.8, 4) is 5.75 Å². The molecule has 0 bridgehead atoms. The van der Waals surface area contributed by atoms with Gasteiger partial charge in [-0.15, -0.1) is 0 Å². The molecule has 0 atom stereocenters. The molecule has 5 nitrogen and oxygen atoms in total. The van der Waals surface area contributed by atoms with Gasteiger partial charge in [0.2, 0.25) is 0 Å². The fourth-order valence-corrected chi connectivity index (χ4v) is 1.90. The normalized spacial score (nSPS) is 11.7. The molecule has 0 aliphatic heterocycles. The number of fused-ring (bicyclic) bond motifs is 1. The lowest BCUT2D eigenvalue weighted by Crippen LogP contribution is -2.06. The van der Waals surface area contributed by atoms with E-state index in [1.54, 1.807) is 24.3 Å². The van der Waals surface area contributed by atoms with Gasteiger partial charge in [-0.3, -0.25) is 0 Å². The van der Waals surface area contributed by atoms with E-state index in [2.05, 4.69) is 4.98 Å². The van der Waals surface area contributed by atoms with Crippen LogP contribution >= 0.6 is 0 Å². The third kappa shape index (κ3) is 2.62. The third-order valence-corrected chi connectivity index (χ3v) is 2.95. The first-order chi connectivity index (χ1) is 10.1. The quantitative estimate of drug-likeness (QED) is 0.705. The van der Waals surface area contributed by atoms with Crippen LogP contribution in [0.15, 0.2) is 57.7 Å². The second kappa shape index (κ2) is 5.13. The first kappa shape index (κ1) is 12.9. The summed E-state index contributed by atoms with van der Waals surface area (Å²) >= 11 is 0. The number of aromatic nitrogens is 1. The summed E-state index contributed by atoms with van der Waals surface area (Å²) in [5.41, 5.74) is 0.770. The fourth-order valence-electron chi connectivity index (χ4n) is 1.90. The summed E-state index contributed by atoms with van der Waals surface area (Å²) in [6, 6.07) is 12.8. The maximum absolute atomic E-state index is 11.8. The molecule has 0 fully saturated rings. The molecule has 0 radical (unpaired) electrons. The van der Waals surface area contributed by atoms with E-state index in [1.165, 1.54) is 30.3 Å². The summed E-state index contributed by atoms with van der Waals surface area (Å²) in [4.78, 5) is 16.0. The van der Waals surface area contributed by atoms with Gasteiger partial charge >= 0.3 is 5.63 Å². The highest BCUT2D eigenvalue weighted by Gasteiger charge is 2.07.